The largest absolute Gasteiger partial charge is 0.497 e. The third kappa shape index (κ3) is 3.17. The number of carbonyl (C=O) groups is 1. The molecule has 0 bridgehead atoms. The summed E-state index contributed by atoms with van der Waals surface area (Å²) < 4.78 is 48.9. The number of alkyl halides is 3. The van der Waals surface area contributed by atoms with Crippen molar-refractivity contribution >= 4 is 23.2 Å². The number of rotatable bonds is 3. The van der Waals surface area contributed by atoms with Crippen LogP contribution in [0.25, 0.3) is 11.6 Å². The van der Waals surface area contributed by atoms with Crippen molar-refractivity contribution in [3.63, 3.8) is 0 Å². The van der Waals surface area contributed by atoms with E-state index in [1.807, 2.05) is 0 Å². The van der Waals surface area contributed by atoms with Crippen molar-refractivity contribution in [2.24, 2.45) is 0 Å². The lowest BCUT2D eigenvalue weighted by atomic mass is 10.0. The van der Waals surface area contributed by atoms with Gasteiger partial charge in [-0.05, 0) is 36.4 Å². The molecule has 0 unspecified atom stereocenters. The Morgan fingerprint density at radius 2 is 1.80 bits per heavy atom. The van der Waals surface area contributed by atoms with Crippen LogP contribution in [0, 0.1) is 0 Å². The maximum atomic E-state index is 12.8. The molecule has 1 aliphatic heterocycles. The molecule has 1 aliphatic rings. The first-order valence-corrected chi connectivity index (χ1v) is 7.30. The molecule has 0 atom stereocenters. The highest BCUT2D eigenvalue weighted by Crippen LogP contribution is 2.39. The van der Waals surface area contributed by atoms with E-state index in [0.717, 1.165) is 12.1 Å². The van der Waals surface area contributed by atoms with E-state index in [9.17, 15) is 18.0 Å². The molecular formula is C18H14F3NO3. The molecule has 4 nitrogen and oxygen atoms in total. The number of benzene rings is 2. The summed E-state index contributed by atoms with van der Waals surface area (Å²) in [6.07, 6.45) is -2.90. The fourth-order valence-corrected chi connectivity index (χ4v) is 2.62. The van der Waals surface area contributed by atoms with Gasteiger partial charge in [0.15, 0.2) is 0 Å². The smallest absolute Gasteiger partial charge is 0.416 e. The number of methoxy groups -OCH3 is 2. The van der Waals surface area contributed by atoms with Crippen molar-refractivity contribution in [1.29, 1.82) is 0 Å². The van der Waals surface area contributed by atoms with Gasteiger partial charge in [-0.15, -0.1) is 0 Å². The molecule has 0 radical (unpaired) electrons. The molecule has 1 N–H and O–H groups in total. The van der Waals surface area contributed by atoms with Crippen LogP contribution in [0.3, 0.4) is 0 Å². The Morgan fingerprint density at radius 3 is 2.44 bits per heavy atom. The average Bonchev–Trinajstić information content (AvgIpc) is 2.89. The number of hydrogen-bond donors (Lipinski definition) is 1. The van der Waals surface area contributed by atoms with E-state index in [-0.39, 0.29) is 11.3 Å². The van der Waals surface area contributed by atoms with Gasteiger partial charge in [0.25, 0.3) is 5.91 Å². The van der Waals surface area contributed by atoms with Crippen LogP contribution in [-0.2, 0) is 11.0 Å². The predicted molar refractivity (Wildman–Crippen MR) is 87.5 cm³/mol. The second-order valence-electron chi connectivity index (χ2n) is 5.38. The molecule has 1 heterocycles. The summed E-state index contributed by atoms with van der Waals surface area (Å²) in [6, 6.07) is 8.24. The van der Waals surface area contributed by atoms with Gasteiger partial charge in [0.2, 0.25) is 0 Å². The Kier molecular flexibility index (Phi) is 4.16. The lowest BCUT2D eigenvalue weighted by Gasteiger charge is -2.09. The Hall–Kier alpha value is -2.96. The van der Waals surface area contributed by atoms with Gasteiger partial charge >= 0.3 is 6.18 Å². The zero-order chi connectivity index (χ0) is 18.2. The van der Waals surface area contributed by atoms with Crippen LogP contribution in [0.15, 0.2) is 36.4 Å². The minimum absolute atomic E-state index is 0.132. The molecule has 2 aromatic rings. The van der Waals surface area contributed by atoms with Crippen LogP contribution in [0.5, 0.6) is 11.5 Å². The average molecular weight is 349 g/mol. The van der Waals surface area contributed by atoms with E-state index in [2.05, 4.69) is 5.32 Å². The van der Waals surface area contributed by atoms with Crippen molar-refractivity contribution in [3.05, 3.63) is 53.1 Å². The van der Waals surface area contributed by atoms with Crippen LogP contribution in [0.1, 0.15) is 16.7 Å². The fraction of sp³-hybridized carbons (Fsp3) is 0.167. The zero-order valence-corrected chi connectivity index (χ0v) is 13.4. The molecule has 0 aromatic heterocycles. The van der Waals surface area contributed by atoms with Crippen LogP contribution in [-0.4, -0.2) is 20.1 Å². The summed E-state index contributed by atoms with van der Waals surface area (Å²) in [5.74, 6) is 0.611. The summed E-state index contributed by atoms with van der Waals surface area (Å²) in [5, 5.41) is 2.47. The second kappa shape index (κ2) is 6.16. The molecule has 1 amide bonds. The second-order valence-corrected chi connectivity index (χ2v) is 5.38. The number of ether oxygens (including phenoxy) is 2. The van der Waals surface area contributed by atoms with Gasteiger partial charge in [-0.25, -0.2) is 0 Å². The lowest BCUT2D eigenvalue weighted by Crippen LogP contribution is -2.06. The highest BCUT2D eigenvalue weighted by molar-refractivity contribution is 6.35. The van der Waals surface area contributed by atoms with Crippen LogP contribution in [0.4, 0.5) is 18.9 Å². The Bertz CT molecular complexity index is 872. The molecule has 2 aromatic carbocycles. The highest BCUT2D eigenvalue weighted by Gasteiger charge is 2.33. The normalized spacial score (nSPS) is 15.1. The van der Waals surface area contributed by atoms with Gasteiger partial charge < -0.3 is 14.8 Å². The number of carbonyl (C=O) groups excluding carboxylic acids is 1. The summed E-state index contributed by atoms with van der Waals surface area (Å²) in [6.45, 7) is 0. The number of amides is 1. The van der Waals surface area contributed by atoms with Crippen LogP contribution >= 0.6 is 0 Å². The number of hydrogen-bond acceptors (Lipinski definition) is 3. The van der Waals surface area contributed by atoms with E-state index in [4.69, 9.17) is 9.47 Å². The number of nitrogens with one attached hydrogen (secondary N) is 1. The maximum absolute atomic E-state index is 12.8. The Balaban J connectivity index is 2.09. The van der Waals surface area contributed by atoms with Crippen molar-refractivity contribution in [2.75, 3.05) is 19.5 Å². The maximum Gasteiger partial charge on any atom is 0.416 e. The predicted octanol–water partition coefficient (Wildman–Crippen LogP) is 4.22. The number of fused-ring (bicyclic) bond motifs is 1. The standard InChI is InChI=1S/C18H14F3NO3/c1-24-12-4-6-16(25-2)10(7-12)8-14-13-5-3-11(18(19,20)21)9-15(13)22-17(14)23/h3-9H,1-2H3,(H,22,23)/b14-8-. The van der Waals surface area contributed by atoms with E-state index < -0.39 is 17.6 Å². The first-order valence-electron chi connectivity index (χ1n) is 7.30. The van der Waals surface area contributed by atoms with Crippen molar-refractivity contribution in [2.45, 2.75) is 6.18 Å². The minimum atomic E-state index is -4.47. The third-order valence-corrected chi connectivity index (χ3v) is 3.87. The molecule has 0 fully saturated rings. The third-order valence-electron chi connectivity index (χ3n) is 3.87. The van der Waals surface area contributed by atoms with Gasteiger partial charge in [0, 0.05) is 22.4 Å². The fourth-order valence-electron chi connectivity index (χ4n) is 2.62. The zero-order valence-electron chi connectivity index (χ0n) is 13.4. The highest BCUT2D eigenvalue weighted by atomic mass is 19.4. The van der Waals surface area contributed by atoms with Crippen LogP contribution < -0.4 is 14.8 Å². The summed E-state index contributed by atoms with van der Waals surface area (Å²) in [5.41, 5.74) is 0.567. The Labute approximate surface area is 141 Å². The van der Waals surface area contributed by atoms with Crippen molar-refractivity contribution in [1.82, 2.24) is 0 Å². The van der Waals surface area contributed by atoms with Gasteiger partial charge in [0.1, 0.15) is 11.5 Å². The van der Waals surface area contributed by atoms with Gasteiger partial charge in [-0.1, -0.05) is 6.07 Å². The molecule has 0 saturated heterocycles. The lowest BCUT2D eigenvalue weighted by molar-refractivity contribution is -0.137. The Morgan fingerprint density at radius 1 is 1.04 bits per heavy atom. The molecule has 0 spiro atoms. The topological polar surface area (TPSA) is 47.6 Å². The van der Waals surface area contributed by atoms with Crippen LogP contribution in [0.2, 0.25) is 0 Å². The SMILES string of the molecule is COc1ccc(OC)c(/C=C2\C(=O)Nc3cc(C(F)(F)F)ccc32)c1. The molecule has 25 heavy (non-hydrogen) atoms. The molecule has 0 aliphatic carbocycles. The number of halogens is 3. The van der Waals surface area contributed by atoms with E-state index in [1.165, 1.54) is 20.3 Å². The van der Waals surface area contributed by atoms with E-state index >= 15 is 0 Å². The van der Waals surface area contributed by atoms with Crippen molar-refractivity contribution < 1.29 is 27.4 Å². The van der Waals surface area contributed by atoms with Gasteiger partial charge in [0.05, 0.1) is 19.8 Å². The van der Waals surface area contributed by atoms with Gasteiger partial charge in [-0.3, -0.25) is 4.79 Å². The van der Waals surface area contributed by atoms with Gasteiger partial charge in [-0.2, -0.15) is 13.2 Å². The van der Waals surface area contributed by atoms with E-state index in [0.29, 0.717) is 22.6 Å². The number of anilines is 1. The monoisotopic (exact) mass is 349 g/mol. The summed E-state index contributed by atoms with van der Waals surface area (Å²) in [4.78, 5) is 12.2. The first-order chi connectivity index (χ1) is 11.8. The van der Waals surface area contributed by atoms with E-state index in [1.54, 1.807) is 24.3 Å². The molecule has 0 saturated carbocycles. The van der Waals surface area contributed by atoms with Crippen molar-refractivity contribution in [3.8, 4) is 11.5 Å². The quantitative estimate of drug-likeness (QED) is 0.844. The molecule has 3 rings (SSSR count). The minimum Gasteiger partial charge on any atom is -0.497 e. The first kappa shape index (κ1) is 16.9. The molecule has 7 heteroatoms. The summed E-state index contributed by atoms with van der Waals surface area (Å²) >= 11 is 0. The summed E-state index contributed by atoms with van der Waals surface area (Å²) in [7, 11) is 3.00. The molecular weight excluding hydrogens is 335 g/mol. The molecule has 130 valence electrons.